The van der Waals surface area contributed by atoms with Crippen molar-refractivity contribution >= 4 is 33.3 Å². The van der Waals surface area contributed by atoms with E-state index in [9.17, 15) is 18.0 Å². The number of ketones is 1. The lowest BCUT2D eigenvalue weighted by atomic mass is 10.0. The predicted molar refractivity (Wildman–Crippen MR) is 115 cm³/mol. The molecule has 0 bridgehead atoms. The van der Waals surface area contributed by atoms with E-state index in [-0.39, 0.29) is 29.0 Å². The third-order valence-electron chi connectivity index (χ3n) is 4.28. The van der Waals surface area contributed by atoms with Crippen LogP contribution in [0, 0.1) is 0 Å². The number of Topliss-reactive ketones (excluding diaryl/α,β-unsaturated/α-hetero) is 1. The van der Waals surface area contributed by atoms with Gasteiger partial charge in [0.15, 0.2) is 5.78 Å². The molecule has 31 heavy (non-hydrogen) atoms. The molecular formula is C21H20N4O5S. The van der Waals surface area contributed by atoms with Crippen molar-refractivity contribution in [2.45, 2.75) is 18.2 Å². The van der Waals surface area contributed by atoms with Crippen LogP contribution in [0.15, 0.2) is 65.8 Å². The van der Waals surface area contributed by atoms with E-state index < -0.39 is 10.0 Å². The molecular weight excluding hydrogens is 420 g/mol. The Morgan fingerprint density at radius 1 is 1.03 bits per heavy atom. The first kappa shape index (κ1) is 21.9. The number of sulfonamides is 1. The van der Waals surface area contributed by atoms with Crippen LogP contribution in [0.5, 0.6) is 5.75 Å². The minimum Gasteiger partial charge on any atom is -0.496 e. The standard InChI is InChI=1S/C21H20N4O5S/c1-14(26)15-4-9-19(30-2)16(12-15)13-20(27)24-17-5-7-18(8-6-17)31(28,29)25-21-22-10-3-11-23-21/h3-12H,13H2,1-2H3,(H,24,27)(H,22,23,25). The third-order valence-corrected chi connectivity index (χ3v) is 5.62. The second-order valence-corrected chi connectivity index (χ2v) is 8.19. The van der Waals surface area contributed by atoms with Crippen molar-refractivity contribution in [1.29, 1.82) is 0 Å². The normalized spacial score (nSPS) is 10.9. The van der Waals surface area contributed by atoms with Gasteiger partial charge in [0, 0.05) is 29.2 Å². The molecule has 1 aromatic heterocycles. The van der Waals surface area contributed by atoms with Crippen LogP contribution in [-0.4, -0.2) is 37.2 Å². The molecule has 0 saturated carbocycles. The summed E-state index contributed by atoms with van der Waals surface area (Å²) in [6.45, 7) is 1.44. The van der Waals surface area contributed by atoms with Gasteiger partial charge in [-0.05, 0) is 55.5 Å². The van der Waals surface area contributed by atoms with Crippen LogP contribution in [0.3, 0.4) is 0 Å². The average molecular weight is 440 g/mol. The average Bonchev–Trinajstić information content (AvgIpc) is 2.74. The van der Waals surface area contributed by atoms with E-state index in [1.807, 2.05) is 0 Å². The van der Waals surface area contributed by atoms with Crippen LogP contribution >= 0.6 is 0 Å². The number of amides is 1. The summed E-state index contributed by atoms with van der Waals surface area (Å²) in [5.41, 5.74) is 1.47. The molecule has 9 nitrogen and oxygen atoms in total. The Bertz CT molecular complexity index is 1200. The first-order valence-corrected chi connectivity index (χ1v) is 10.6. The lowest BCUT2D eigenvalue weighted by Crippen LogP contribution is -2.16. The van der Waals surface area contributed by atoms with Crippen molar-refractivity contribution in [3.8, 4) is 5.75 Å². The maximum absolute atomic E-state index is 12.5. The topological polar surface area (TPSA) is 127 Å². The van der Waals surface area contributed by atoms with E-state index >= 15 is 0 Å². The number of aromatic nitrogens is 2. The highest BCUT2D eigenvalue weighted by molar-refractivity contribution is 7.92. The summed E-state index contributed by atoms with van der Waals surface area (Å²) in [7, 11) is -2.38. The maximum Gasteiger partial charge on any atom is 0.264 e. The van der Waals surface area contributed by atoms with E-state index in [4.69, 9.17) is 4.74 Å². The van der Waals surface area contributed by atoms with Crippen LogP contribution in [0.2, 0.25) is 0 Å². The molecule has 10 heteroatoms. The number of hydrogen-bond donors (Lipinski definition) is 2. The van der Waals surface area contributed by atoms with Crippen molar-refractivity contribution in [3.63, 3.8) is 0 Å². The largest absolute Gasteiger partial charge is 0.496 e. The zero-order chi connectivity index (χ0) is 22.4. The molecule has 0 spiro atoms. The van der Waals surface area contributed by atoms with Crippen molar-refractivity contribution in [3.05, 3.63) is 72.1 Å². The Hall–Kier alpha value is -3.79. The highest BCUT2D eigenvalue weighted by Gasteiger charge is 2.16. The van der Waals surface area contributed by atoms with Gasteiger partial charge in [-0.2, -0.15) is 0 Å². The molecule has 0 fully saturated rings. The van der Waals surface area contributed by atoms with E-state index in [2.05, 4.69) is 20.0 Å². The Balaban J connectivity index is 1.69. The molecule has 0 aliphatic rings. The van der Waals surface area contributed by atoms with Gasteiger partial charge >= 0.3 is 0 Å². The summed E-state index contributed by atoms with van der Waals surface area (Å²) in [6.07, 6.45) is 2.83. The fraction of sp³-hybridized carbons (Fsp3) is 0.143. The molecule has 3 aromatic rings. The molecule has 0 aliphatic carbocycles. The second kappa shape index (κ2) is 9.35. The lowest BCUT2D eigenvalue weighted by molar-refractivity contribution is -0.115. The maximum atomic E-state index is 12.5. The molecule has 0 radical (unpaired) electrons. The monoisotopic (exact) mass is 440 g/mol. The molecule has 0 atom stereocenters. The first-order chi connectivity index (χ1) is 14.8. The predicted octanol–water partition coefficient (Wildman–Crippen LogP) is 2.67. The van der Waals surface area contributed by atoms with Crippen molar-refractivity contribution < 1.29 is 22.7 Å². The number of ether oxygens (including phenoxy) is 1. The summed E-state index contributed by atoms with van der Waals surface area (Å²) < 4.78 is 32.4. The fourth-order valence-electron chi connectivity index (χ4n) is 2.76. The van der Waals surface area contributed by atoms with E-state index in [0.717, 1.165) is 0 Å². The number of rotatable bonds is 8. The zero-order valence-electron chi connectivity index (χ0n) is 16.8. The molecule has 160 valence electrons. The van der Waals surface area contributed by atoms with Crippen molar-refractivity contribution in [2.24, 2.45) is 0 Å². The summed E-state index contributed by atoms with van der Waals surface area (Å²) in [4.78, 5) is 31.7. The molecule has 1 heterocycles. The highest BCUT2D eigenvalue weighted by atomic mass is 32.2. The van der Waals surface area contributed by atoms with Crippen LogP contribution < -0.4 is 14.8 Å². The smallest absolute Gasteiger partial charge is 0.264 e. The Labute approximate surface area is 179 Å². The summed E-state index contributed by atoms with van der Waals surface area (Å²) in [6, 6.07) is 12.1. The van der Waals surface area contributed by atoms with Gasteiger partial charge in [-0.1, -0.05) is 0 Å². The van der Waals surface area contributed by atoms with Crippen LogP contribution in [0.1, 0.15) is 22.8 Å². The van der Waals surface area contributed by atoms with Crippen LogP contribution in [0.25, 0.3) is 0 Å². The first-order valence-electron chi connectivity index (χ1n) is 9.16. The van der Waals surface area contributed by atoms with Gasteiger partial charge in [-0.3, -0.25) is 9.59 Å². The minimum atomic E-state index is -3.87. The molecule has 2 aromatic carbocycles. The Morgan fingerprint density at radius 2 is 1.71 bits per heavy atom. The van der Waals surface area contributed by atoms with Gasteiger partial charge in [0.05, 0.1) is 18.4 Å². The van der Waals surface area contributed by atoms with Gasteiger partial charge in [0.1, 0.15) is 5.75 Å². The number of nitrogens with one attached hydrogen (secondary N) is 2. The molecule has 0 unspecified atom stereocenters. The number of hydrogen-bond acceptors (Lipinski definition) is 7. The van der Waals surface area contributed by atoms with Gasteiger partial charge in [-0.15, -0.1) is 0 Å². The molecule has 3 rings (SSSR count). The minimum absolute atomic E-state index is 0.00576. The molecule has 0 aliphatic heterocycles. The Kier molecular flexibility index (Phi) is 6.61. The van der Waals surface area contributed by atoms with Crippen molar-refractivity contribution in [2.75, 3.05) is 17.1 Å². The van der Waals surface area contributed by atoms with Gasteiger partial charge < -0.3 is 10.1 Å². The number of anilines is 2. The van der Waals surface area contributed by atoms with Gasteiger partial charge in [0.2, 0.25) is 11.9 Å². The number of benzene rings is 2. The van der Waals surface area contributed by atoms with Crippen LogP contribution in [0.4, 0.5) is 11.6 Å². The number of carbonyl (C=O) groups excluding carboxylic acids is 2. The third kappa shape index (κ3) is 5.64. The molecule has 1 amide bonds. The highest BCUT2D eigenvalue weighted by Crippen LogP contribution is 2.22. The van der Waals surface area contributed by atoms with Crippen LogP contribution in [-0.2, 0) is 21.2 Å². The molecule has 0 saturated heterocycles. The van der Waals surface area contributed by atoms with E-state index in [1.54, 1.807) is 24.3 Å². The number of nitrogens with zero attached hydrogens (tertiary/aromatic N) is 2. The Morgan fingerprint density at radius 3 is 2.32 bits per heavy atom. The lowest BCUT2D eigenvalue weighted by Gasteiger charge is -2.11. The second-order valence-electron chi connectivity index (χ2n) is 6.51. The van der Waals surface area contributed by atoms with Gasteiger partial charge in [-0.25, -0.2) is 23.1 Å². The van der Waals surface area contributed by atoms with E-state index in [0.29, 0.717) is 22.6 Å². The zero-order valence-corrected chi connectivity index (χ0v) is 17.6. The van der Waals surface area contributed by atoms with E-state index in [1.165, 1.54) is 50.7 Å². The number of methoxy groups -OCH3 is 1. The SMILES string of the molecule is COc1ccc(C(C)=O)cc1CC(=O)Nc1ccc(S(=O)(=O)Nc2ncccn2)cc1. The number of carbonyl (C=O) groups is 2. The van der Waals surface area contributed by atoms with Crippen molar-refractivity contribution in [1.82, 2.24) is 9.97 Å². The quantitative estimate of drug-likeness (QED) is 0.516. The molecule has 2 N–H and O–H groups in total. The van der Waals surface area contributed by atoms with Gasteiger partial charge in [0.25, 0.3) is 10.0 Å². The summed E-state index contributed by atoms with van der Waals surface area (Å²) in [5.74, 6) is -0.00143. The fourth-order valence-corrected chi connectivity index (χ4v) is 3.72. The summed E-state index contributed by atoms with van der Waals surface area (Å²) >= 11 is 0. The summed E-state index contributed by atoms with van der Waals surface area (Å²) in [5, 5.41) is 2.70.